The minimum atomic E-state index is -0.280. The molecule has 1 aliphatic rings. The van der Waals surface area contributed by atoms with Crippen molar-refractivity contribution in [2.75, 3.05) is 39.8 Å². The predicted octanol–water partition coefficient (Wildman–Crippen LogP) is 2.15. The van der Waals surface area contributed by atoms with Crippen LogP contribution < -0.4 is 0 Å². The second-order valence-corrected chi connectivity index (χ2v) is 5.52. The second kappa shape index (κ2) is 5.89. The molecule has 0 saturated carbocycles. The molecule has 0 spiro atoms. The van der Waals surface area contributed by atoms with E-state index in [1.165, 1.54) is 12.1 Å². The van der Waals surface area contributed by atoms with E-state index in [9.17, 15) is 4.39 Å². The fraction of sp³-hybridized carbons (Fsp3) is 0.533. The van der Waals surface area contributed by atoms with Gasteiger partial charge in [-0.1, -0.05) is 5.16 Å². The maximum Gasteiger partial charge on any atom is 0.170 e. The number of aromatic nitrogens is 1. The Morgan fingerprint density at radius 1 is 1.25 bits per heavy atom. The zero-order chi connectivity index (χ0) is 13.9. The number of hydrogen-bond donors (Lipinski definition) is 0. The highest BCUT2D eigenvalue weighted by Gasteiger charge is 2.14. The van der Waals surface area contributed by atoms with Crippen LogP contribution in [0.4, 0.5) is 4.39 Å². The predicted molar refractivity (Wildman–Crippen MR) is 76.2 cm³/mol. The molecule has 0 radical (unpaired) electrons. The van der Waals surface area contributed by atoms with Gasteiger partial charge in [-0.05, 0) is 38.6 Å². The Morgan fingerprint density at radius 2 is 2.05 bits per heavy atom. The number of fused-ring (bicyclic) bond motifs is 1. The van der Waals surface area contributed by atoms with Gasteiger partial charge in [-0.25, -0.2) is 4.39 Å². The van der Waals surface area contributed by atoms with E-state index in [1.807, 2.05) is 0 Å². The van der Waals surface area contributed by atoms with Crippen molar-refractivity contribution in [3.63, 3.8) is 0 Å². The third-order valence-corrected chi connectivity index (χ3v) is 3.99. The molecular formula is C15H20FN3O. The van der Waals surface area contributed by atoms with Crippen LogP contribution in [0.5, 0.6) is 0 Å². The number of rotatable bonds is 4. The molecule has 1 saturated heterocycles. The van der Waals surface area contributed by atoms with Crippen molar-refractivity contribution in [2.45, 2.75) is 12.8 Å². The molecule has 1 aromatic heterocycles. The van der Waals surface area contributed by atoms with Gasteiger partial charge in [-0.15, -0.1) is 0 Å². The Labute approximate surface area is 118 Å². The molecule has 0 bridgehead atoms. The van der Waals surface area contributed by atoms with Gasteiger partial charge in [0, 0.05) is 37.6 Å². The summed E-state index contributed by atoms with van der Waals surface area (Å²) in [6.07, 6.45) is 1.94. The van der Waals surface area contributed by atoms with Crippen LogP contribution in [0.25, 0.3) is 11.0 Å². The number of benzene rings is 1. The van der Waals surface area contributed by atoms with Gasteiger partial charge in [0.2, 0.25) is 0 Å². The number of likely N-dealkylation sites (N-methyl/N-ethyl adjacent to an activating group) is 1. The summed E-state index contributed by atoms with van der Waals surface area (Å²) in [5.74, 6) is -0.280. The van der Waals surface area contributed by atoms with Gasteiger partial charge in [-0.2, -0.15) is 0 Å². The van der Waals surface area contributed by atoms with Crippen LogP contribution in [0.2, 0.25) is 0 Å². The third-order valence-electron chi connectivity index (χ3n) is 3.99. The summed E-state index contributed by atoms with van der Waals surface area (Å²) in [7, 11) is 2.16. The summed E-state index contributed by atoms with van der Waals surface area (Å²) >= 11 is 0. The molecule has 0 N–H and O–H groups in total. The van der Waals surface area contributed by atoms with Crippen molar-refractivity contribution >= 4 is 11.0 Å². The van der Waals surface area contributed by atoms with Crippen LogP contribution in [-0.2, 0) is 6.42 Å². The van der Waals surface area contributed by atoms with Gasteiger partial charge in [0.25, 0.3) is 0 Å². The van der Waals surface area contributed by atoms with E-state index in [0.29, 0.717) is 5.58 Å². The molecule has 1 aromatic carbocycles. The Kier molecular flexibility index (Phi) is 3.98. The molecular weight excluding hydrogens is 257 g/mol. The lowest BCUT2D eigenvalue weighted by atomic mass is 10.1. The number of halogens is 1. The van der Waals surface area contributed by atoms with E-state index in [-0.39, 0.29) is 5.82 Å². The first-order chi connectivity index (χ1) is 9.72. The van der Waals surface area contributed by atoms with Crippen LogP contribution in [0, 0.1) is 5.82 Å². The highest BCUT2D eigenvalue weighted by atomic mass is 19.1. The van der Waals surface area contributed by atoms with Crippen molar-refractivity contribution < 1.29 is 8.91 Å². The second-order valence-electron chi connectivity index (χ2n) is 5.52. The number of nitrogens with zero attached hydrogens (tertiary/aromatic N) is 3. The SMILES string of the molecule is CN1CCN(CCCc2noc3cc(F)ccc23)CC1. The lowest BCUT2D eigenvalue weighted by molar-refractivity contribution is 0.153. The van der Waals surface area contributed by atoms with Crippen LogP contribution >= 0.6 is 0 Å². The van der Waals surface area contributed by atoms with E-state index < -0.39 is 0 Å². The monoisotopic (exact) mass is 277 g/mol. The maximum atomic E-state index is 13.1. The first kappa shape index (κ1) is 13.5. The molecule has 1 fully saturated rings. The standard InChI is InChI=1S/C15H20FN3O/c1-18-7-9-19(10-8-18)6-2-3-14-13-5-4-12(16)11-15(13)20-17-14/h4-5,11H,2-3,6-10H2,1H3. The third kappa shape index (κ3) is 2.99. The minimum absolute atomic E-state index is 0.280. The minimum Gasteiger partial charge on any atom is -0.356 e. The van der Waals surface area contributed by atoms with Crippen LogP contribution in [-0.4, -0.2) is 54.7 Å². The van der Waals surface area contributed by atoms with Crippen molar-refractivity contribution in [3.8, 4) is 0 Å². The highest BCUT2D eigenvalue weighted by Crippen LogP contribution is 2.20. The quantitative estimate of drug-likeness (QED) is 0.857. The van der Waals surface area contributed by atoms with Gasteiger partial charge >= 0.3 is 0 Å². The smallest absolute Gasteiger partial charge is 0.170 e. The van der Waals surface area contributed by atoms with Crippen molar-refractivity contribution in [1.82, 2.24) is 15.0 Å². The summed E-state index contributed by atoms with van der Waals surface area (Å²) in [4.78, 5) is 4.85. The van der Waals surface area contributed by atoms with Crippen LogP contribution in [0.15, 0.2) is 22.7 Å². The van der Waals surface area contributed by atoms with E-state index in [0.717, 1.165) is 56.6 Å². The first-order valence-corrected chi connectivity index (χ1v) is 7.17. The number of aryl methyl sites for hydroxylation is 1. The normalized spacial score (nSPS) is 17.9. The van der Waals surface area contributed by atoms with Crippen LogP contribution in [0.1, 0.15) is 12.1 Å². The zero-order valence-electron chi connectivity index (χ0n) is 11.8. The first-order valence-electron chi connectivity index (χ1n) is 7.17. The highest BCUT2D eigenvalue weighted by molar-refractivity contribution is 5.79. The molecule has 2 aromatic rings. The average molecular weight is 277 g/mol. The van der Waals surface area contributed by atoms with E-state index >= 15 is 0 Å². The fourth-order valence-corrected chi connectivity index (χ4v) is 2.69. The van der Waals surface area contributed by atoms with Gasteiger partial charge in [0.15, 0.2) is 5.58 Å². The van der Waals surface area contributed by atoms with Gasteiger partial charge < -0.3 is 14.3 Å². The summed E-state index contributed by atoms with van der Waals surface area (Å²) in [6, 6.07) is 4.61. The lowest BCUT2D eigenvalue weighted by Gasteiger charge is -2.32. The van der Waals surface area contributed by atoms with E-state index in [2.05, 4.69) is 22.0 Å². The molecule has 1 aliphatic heterocycles. The molecule has 3 rings (SSSR count). The summed E-state index contributed by atoms with van der Waals surface area (Å²) < 4.78 is 18.3. The molecule has 2 heterocycles. The fourth-order valence-electron chi connectivity index (χ4n) is 2.69. The number of hydrogen-bond acceptors (Lipinski definition) is 4. The topological polar surface area (TPSA) is 32.5 Å². The molecule has 4 nitrogen and oxygen atoms in total. The van der Waals surface area contributed by atoms with Crippen LogP contribution in [0.3, 0.4) is 0 Å². The molecule has 0 amide bonds. The van der Waals surface area contributed by atoms with E-state index in [4.69, 9.17) is 4.52 Å². The Hall–Kier alpha value is -1.46. The van der Waals surface area contributed by atoms with Crippen molar-refractivity contribution in [2.24, 2.45) is 0 Å². The molecule has 108 valence electrons. The molecule has 0 unspecified atom stereocenters. The summed E-state index contributed by atoms with van der Waals surface area (Å²) in [5, 5.41) is 5.00. The largest absolute Gasteiger partial charge is 0.356 e. The van der Waals surface area contributed by atoms with Gasteiger partial charge in [0.1, 0.15) is 5.82 Å². The molecule has 20 heavy (non-hydrogen) atoms. The van der Waals surface area contributed by atoms with Crippen molar-refractivity contribution in [3.05, 3.63) is 29.7 Å². The van der Waals surface area contributed by atoms with Crippen molar-refractivity contribution in [1.29, 1.82) is 0 Å². The summed E-state index contributed by atoms with van der Waals surface area (Å²) in [6.45, 7) is 5.66. The summed E-state index contributed by atoms with van der Waals surface area (Å²) in [5.41, 5.74) is 1.48. The van der Waals surface area contributed by atoms with E-state index in [1.54, 1.807) is 6.07 Å². The molecule has 0 aliphatic carbocycles. The Morgan fingerprint density at radius 3 is 2.85 bits per heavy atom. The Bertz CT molecular complexity index is 576. The lowest BCUT2D eigenvalue weighted by Crippen LogP contribution is -2.44. The van der Waals surface area contributed by atoms with Gasteiger partial charge in [0.05, 0.1) is 5.69 Å². The maximum absolute atomic E-state index is 13.1. The number of piperazine rings is 1. The average Bonchev–Trinajstić information content (AvgIpc) is 2.83. The molecule has 0 atom stereocenters. The van der Waals surface area contributed by atoms with Gasteiger partial charge in [-0.3, -0.25) is 0 Å². The molecule has 5 heteroatoms. The Balaban J connectivity index is 1.55. The zero-order valence-corrected chi connectivity index (χ0v) is 11.8.